The zero-order valence-corrected chi connectivity index (χ0v) is 27.7. The van der Waals surface area contributed by atoms with Gasteiger partial charge in [-0.1, -0.05) is 26.3 Å². The maximum atomic E-state index is 14.3. The number of carbonyl (C=O) groups is 1. The number of ether oxygens (including phenoxy) is 1. The monoisotopic (exact) mass is 632 g/mol. The molecule has 45 heavy (non-hydrogen) atoms. The molecule has 1 aromatic carbocycles. The Bertz CT molecular complexity index is 1250. The molecule has 1 aromatic rings. The fourth-order valence-electron chi connectivity index (χ4n) is 6.44. The van der Waals surface area contributed by atoms with Gasteiger partial charge in [0, 0.05) is 61.5 Å². The molecule has 0 radical (unpaired) electrons. The normalized spacial score (nSPS) is 25.3. The van der Waals surface area contributed by atoms with E-state index in [9.17, 15) is 18.0 Å². The molecule has 0 saturated carbocycles. The lowest BCUT2D eigenvalue weighted by molar-refractivity contribution is -0.131. The van der Waals surface area contributed by atoms with Crippen molar-refractivity contribution in [3.05, 3.63) is 47.3 Å². The fraction of sp³-hybridized carbons (Fsp3) is 0.647. The van der Waals surface area contributed by atoms with E-state index in [0.29, 0.717) is 63.5 Å². The van der Waals surface area contributed by atoms with Crippen molar-refractivity contribution in [2.45, 2.75) is 91.0 Å². The van der Waals surface area contributed by atoms with Gasteiger partial charge in [-0.25, -0.2) is 4.99 Å². The molecule has 1 amide bonds. The molecule has 2 N–H and O–H groups in total. The fourth-order valence-corrected chi connectivity index (χ4v) is 6.44. The van der Waals surface area contributed by atoms with E-state index in [1.807, 2.05) is 17.9 Å². The van der Waals surface area contributed by atoms with Crippen LogP contribution in [0.15, 0.2) is 46.7 Å². The second kappa shape index (κ2) is 15.5. The molecule has 4 rings (SSSR count). The number of anilines is 2. The molecule has 3 aliphatic heterocycles. The van der Waals surface area contributed by atoms with E-state index in [-0.39, 0.29) is 23.6 Å². The van der Waals surface area contributed by atoms with Gasteiger partial charge in [-0.2, -0.15) is 13.2 Å². The van der Waals surface area contributed by atoms with Crippen LogP contribution in [0.5, 0.6) is 0 Å². The lowest BCUT2D eigenvalue weighted by atomic mass is 10.0. The van der Waals surface area contributed by atoms with Gasteiger partial charge in [0.15, 0.2) is 0 Å². The maximum absolute atomic E-state index is 14.3. The number of nitrogens with one attached hydrogen (secondary N) is 2. The number of allylic oxidation sites excluding steroid dienone is 2. The molecule has 3 aliphatic rings. The van der Waals surface area contributed by atoms with Crippen molar-refractivity contribution in [3.63, 3.8) is 0 Å². The first kappa shape index (κ1) is 34.8. The predicted molar refractivity (Wildman–Crippen MR) is 176 cm³/mol. The molecule has 3 saturated heterocycles. The number of likely N-dealkylation sites (N-methyl/N-ethyl adjacent to an activating group) is 1. The van der Waals surface area contributed by atoms with Crippen LogP contribution in [0.3, 0.4) is 0 Å². The Kier molecular flexibility index (Phi) is 12.0. The van der Waals surface area contributed by atoms with E-state index in [0.717, 1.165) is 49.1 Å². The summed E-state index contributed by atoms with van der Waals surface area (Å²) in [7, 11) is 2.16. The first-order valence-corrected chi connectivity index (χ1v) is 16.4. The van der Waals surface area contributed by atoms with Gasteiger partial charge >= 0.3 is 6.18 Å². The quantitative estimate of drug-likeness (QED) is 0.128. The number of likely N-dealkylation sites (tertiary alicyclic amines) is 1. The maximum Gasteiger partial charge on any atom is 0.419 e. The van der Waals surface area contributed by atoms with Gasteiger partial charge in [-0.05, 0) is 77.3 Å². The number of aliphatic imine (C=N–C) groups is 1. The zero-order valence-electron chi connectivity index (χ0n) is 27.7. The number of unbranched alkanes of at least 4 members (excludes halogenated alkanes) is 1. The van der Waals surface area contributed by atoms with Crippen LogP contribution < -0.4 is 15.5 Å². The second-order valence-corrected chi connectivity index (χ2v) is 12.7. The van der Waals surface area contributed by atoms with E-state index < -0.39 is 11.7 Å². The molecule has 0 spiro atoms. The standard InChI is InChI=1S/C34H51F3N6O2/c1-7-9-11-32(38-14-10-15-43-29-17-27(33(43)44)21-45-22-29)30(34(35,36)37)18-39-25(5)40-31-13-12-28(16-26(31)8-2)42-19-23(3)41(6)24(4)20-42/h11-13,16,18,23-24,27,29,38H,7-10,14-15,17,19-22H2,1-6H3,(H,39,40)/b30-18+,32-11-. The molecule has 3 heterocycles. The largest absolute Gasteiger partial charge is 0.419 e. The second-order valence-electron chi connectivity index (χ2n) is 12.7. The van der Waals surface area contributed by atoms with Gasteiger partial charge in [0.25, 0.3) is 0 Å². The predicted octanol–water partition coefficient (Wildman–Crippen LogP) is 5.97. The summed E-state index contributed by atoms with van der Waals surface area (Å²) in [6.45, 7) is 13.8. The molecule has 8 nitrogen and oxygen atoms in total. The number of fused-ring (bicyclic) bond motifs is 2. The average molecular weight is 633 g/mol. The summed E-state index contributed by atoms with van der Waals surface area (Å²) in [5.41, 5.74) is 2.28. The van der Waals surface area contributed by atoms with Gasteiger partial charge in [-0.15, -0.1) is 0 Å². The molecule has 2 bridgehead atoms. The number of piperazine rings is 1. The Hall–Kier alpha value is -3.05. The molecule has 0 aliphatic carbocycles. The number of alkyl halides is 3. The highest BCUT2D eigenvalue weighted by molar-refractivity contribution is 5.95. The van der Waals surface area contributed by atoms with Gasteiger partial charge in [0.1, 0.15) is 5.84 Å². The van der Waals surface area contributed by atoms with Crippen molar-refractivity contribution in [3.8, 4) is 0 Å². The highest BCUT2D eigenvalue weighted by atomic mass is 19.4. The number of halogens is 3. The molecule has 250 valence electrons. The van der Waals surface area contributed by atoms with Crippen molar-refractivity contribution < 1.29 is 22.7 Å². The average Bonchev–Trinajstić information content (AvgIpc) is 3.21. The van der Waals surface area contributed by atoms with Crippen LogP contribution >= 0.6 is 0 Å². The van der Waals surface area contributed by atoms with Crippen LogP contribution in [0.2, 0.25) is 0 Å². The third-order valence-corrected chi connectivity index (χ3v) is 9.28. The van der Waals surface area contributed by atoms with E-state index >= 15 is 0 Å². The molecule has 3 fully saturated rings. The molecule has 4 unspecified atom stereocenters. The lowest BCUT2D eigenvalue weighted by Gasteiger charge is -2.43. The minimum atomic E-state index is -4.59. The summed E-state index contributed by atoms with van der Waals surface area (Å²) in [5.74, 6) is 0.385. The first-order chi connectivity index (χ1) is 21.4. The molecule has 0 aromatic heterocycles. The number of rotatable bonds is 12. The van der Waals surface area contributed by atoms with Crippen LogP contribution in [0.4, 0.5) is 24.5 Å². The van der Waals surface area contributed by atoms with Crippen LogP contribution in [-0.2, 0) is 16.0 Å². The zero-order chi connectivity index (χ0) is 32.7. The number of carbonyl (C=O) groups excluding carboxylic acids is 1. The van der Waals surface area contributed by atoms with Crippen LogP contribution in [0.1, 0.15) is 65.9 Å². The summed E-state index contributed by atoms with van der Waals surface area (Å²) in [5, 5.41) is 6.24. The summed E-state index contributed by atoms with van der Waals surface area (Å²) in [6, 6.07) is 7.19. The number of benzene rings is 1. The Morgan fingerprint density at radius 2 is 1.89 bits per heavy atom. The van der Waals surface area contributed by atoms with E-state index in [4.69, 9.17) is 4.74 Å². The topological polar surface area (TPSA) is 72.4 Å². The third kappa shape index (κ3) is 8.82. The first-order valence-electron chi connectivity index (χ1n) is 16.4. The minimum Gasteiger partial charge on any atom is -0.385 e. The molecule has 11 heteroatoms. The van der Waals surface area contributed by atoms with Crippen molar-refractivity contribution in [1.82, 2.24) is 15.1 Å². The van der Waals surface area contributed by atoms with Crippen molar-refractivity contribution >= 4 is 23.1 Å². The third-order valence-electron chi connectivity index (χ3n) is 9.28. The number of nitrogens with zero attached hydrogens (tertiary/aromatic N) is 4. The van der Waals surface area contributed by atoms with Gasteiger partial charge in [-0.3, -0.25) is 9.69 Å². The molecular formula is C34H51F3N6O2. The Labute approximate surface area is 266 Å². The van der Waals surface area contributed by atoms with E-state index in [2.05, 4.69) is 65.4 Å². The van der Waals surface area contributed by atoms with Crippen molar-refractivity contribution in [2.24, 2.45) is 10.9 Å². The highest BCUT2D eigenvalue weighted by Crippen LogP contribution is 2.32. The number of hydrogen-bond donors (Lipinski definition) is 2. The lowest BCUT2D eigenvalue weighted by Crippen LogP contribution is -2.55. The highest BCUT2D eigenvalue weighted by Gasteiger charge is 2.42. The smallest absolute Gasteiger partial charge is 0.385 e. The van der Waals surface area contributed by atoms with E-state index in [1.165, 1.54) is 0 Å². The van der Waals surface area contributed by atoms with Gasteiger partial charge in [0.2, 0.25) is 5.91 Å². The SMILES string of the molecule is CCC/C=C(NCCCN1C(=O)C2COCC1C2)/C(=C\N=C(C)Nc1ccc(N2CC(C)N(C)C(C)C2)cc1CC)C(F)(F)F. The van der Waals surface area contributed by atoms with Crippen molar-refractivity contribution in [2.75, 3.05) is 56.7 Å². The Morgan fingerprint density at radius 1 is 1.16 bits per heavy atom. The van der Waals surface area contributed by atoms with Crippen LogP contribution in [0, 0.1) is 5.92 Å². The molecule has 4 atom stereocenters. The number of amides is 1. The summed E-state index contributed by atoms with van der Waals surface area (Å²) >= 11 is 0. The summed E-state index contributed by atoms with van der Waals surface area (Å²) in [4.78, 5) is 23.4. The van der Waals surface area contributed by atoms with Gasteiger partial charge < -0.3 is 25.2 Å². The van der Waals surface area contributed by atoms with Crippen LogP contribution in [0.25, 0.3) is 0 Å². The Morgan fingerprint density at radius 3 is 2.53 bits per heavy atom. The number of hydrogen-bond acceptors (Lipinski definition) is 6. The van der Waals surface area contributed by atoms with Gasteiger partial charge in [0.05, 0.1) is 30.7 Å². The van der Waals surface area contributed by atoms with E-state index in [1.54, 1.807) is 13.0 Å². The summed E-state index contributed by atoms with van der Waals surface area (Å²) in [6.07, 6.45) is 1.24. The number of amidine groups is 1. The number of aryl methyl sites for hydroxylation is 1. The van der Waals surface area contributed by atoms with Crippen LogP contribution in [-0.4, -0.2) is 92.3 Å². The minimum absolute atomic E-state index is 0.0185. The molecular weight excluding hydrogens is 581 g/mol. The summed E-state index contributed by atoms with van der Waals surface area (Å²) < 4.78 is 48.5. The van der Waals surface area contributed by atoms with Crippen molar-refractivity contribution in [1.29, 1.82) is 0 Å². The Balaban J connectivity index is 1.44.